The zero-order valence-electron chi connectivity index (χ0n) is 10.9. The Balaban J connectivity index is 2.15. The highest BCUT2D eigenvalue weighted by molar-refractivity contribution is 9.10. The number of aryl methyl sites for hydroxylation is 1. The Morgan fingerprint density at radius 3 is 2.79 bits per heavy atom. The van der Waals surface area contributed by atoms with E-state index >= 15 is 0 Å². The molecule has 1 heterocycles. The van der Waals surface area contributed by atoms with Crippen molar-refractivity contribution in [3.8, 4) is 0 Å². The van der Waals surface area contributed by atoms with E-state index in [1.54, 1.807) is 6.20 Å². The number of nitrogens with zero attached hydrogens (tertiary/aromatic N) is 1. The molecule has 2 aromatic rings. The number of pyridine rings is 1. The molecule has 1 aromatic heterocycles. The van der Waals surface area contributed by atoms with E-state index < -0.39 is 0 Å². The van der Waals surface area contributed by atoms with Crippen molar-refractivity contribution >= 4 is 21.8 Å². The van der Waals surface area contributed by atoms with Crippen LogP contribution in [0.15, 0.2) is 47.1 Å². The Morgan fingerprint density at radius 2 is 2.11 bits per heavy atom. The molecule has 0 bridgehead atoms. The van der Waals surface area contributed by atoms with Crippen molar-refractivity contribution < 1.29 is 4.79 Å². The molecule has 0 saturated heterocycles. The zero-order chi connectivity index (χ0) is 13.8. The minimum absolute atomic E-state index is 0.103. The summed E-state index contributed by atoms with van der Waals surface area (Å²) in [7, 11) is 0. The monoisotopic (exact) mass is 318 g/mol. The summed E-state index contributed by atoms with van der Waals surface area (Å²) in [5.74, 6) is -0.103. The van der Waals surface area contributed by atoms with E-state index in [0.29, 0.717) is 5.56 Å². The minimum atomic E-state index is -0.124. The second-order valence-corrected chi connectivity index (χ2v) is 5.29. The molecule has 19 heavy (non-hydrogen) atoms. The number of hydrogen-bond acceptors (Lipinski definition) is 2. The standard InChI is InChI=1S/C15H15BrN2O/c1-10-6-7-13(16)12(9-10)15(19)18-11(2)14-5-3-4-8-17-14/h3-9,11H,1-2H3,(H,18,19). The summed E-state index contributed by atoms with van der Waals surface area (Å²) in [6.07, 6.45) is 1.72. The Morgan fingerprint density at radius 1 is 1.32 bits per heavy atom. The van der Waals surface area contributed by atoms with Crippen LogP contribution in [-0.2, 0) is 0 Å². The molecule has 1 atom stereocenters. The number of halogens is 1. The first-order valence-corrected chi connectivity index (χ1v) is 6.85. The van der Waals surface area contributed by atoms with Gasteiger partial charge in [0.05, 0.1) is 17.3 Å². The fraction of sp³-hybridized carbons (Fsp3) is 0.200. The highest BCUT2D eigenvalue weighted by atomic mass is 79.9. The molecule has 0 saturated carbocycles. The van der Waals surface area contributed by atoms with E-state index in [1.807, 2.05) is 50.2 Å². The average molecular weight is 319 g/mol. The Bertz CT molecular complexity index is 584. The topological polar surface area (TPSA) is 42.0 Å². The van der Waals surface area contributed by atoms with Gasteiger partial charge in [-0.15, -0.1) is 0 Å². The molecule has 0 aliphatic carbocycles. The van der Waals surface area contributed by atoms with Gasteiger partial charge in [-0.05, 0) is 54.0 Å². The lowest BCUT2D eigenvalue weighted by molar-refractivity contribution is 0.0938. The molecule has 98 valence electrons. The smallest absolute Gasteiger partial charge is 0.252 e. The quantitative estimate of drug-likeness (QED) is 0.938. The van der Waals surface area contributed by atoms with Gasteiger partial charge in [0.1, 0.15) is 0 Å². The highest BCUT2D eigenvalue weighted by Crippen LogP contribution is 2.19. The predicted molar refractivity (Wildman–Crippen MR) is 79.0 cm³/mol. The fourth-order valence-electron chi connectivity index (χ4n) is 1.79. The molecular weight excluding hydrogens is 304 g/mol. The molecule has 1 amide bonds. The second kappa shape index (κ2) is 5.97. The Labute approximate surface area is 121 Å². The van der Waals surface area contributed by atoms with Gasteiger partial charge in [-0.1, -0.05) is 17.7 Å². The number of benzene rings is 1. The predicted octanol–water partition coefficient (Wildman–Crippen LogP) is 3.64. The summed E-state index contributed by atoms with van der Waals surface area (Å²) in [5.41, 5.74) is 2.54. The van der Waals surface area contributed by atoms with Crippen LogP contribution in [0.3, 0.4) is 0 Å². The third kappa shape index (κ3) is 3.41. The van der Waals surface area contributed by atoms with Gasteiger partial charge in [0, 0.05) is 10.7 Å². The van der Waals surface area contributed by atoms with E-state index in [9.17, 15) is 4.79 Å². The van der Waals surface area contributed by atoms with Crippen LogP contribution in [0.2, 0.25) is 0 Å². The highest BCUT2D eigenvalue weighted by Gasteiger charge is 2.14. The lowest BCUT2D eigenvalue weighted by atomic mass is 10.1. The van der Waals surface area contributed by atoms with Crippen LogP contribution in [0.4, 0.5) is 0 Å². The summed E-state index contributed by atoms with van der Waals surface area (Å²) in [4.78, 5) is 16.5. The number of aromatic nitrogens is 1. The van der Waals surface area contributed by atoms with Crippen molar-refractivity contribution in [3.63, 3.8) is 0 Å². The number of nitrogens with one attached hydrogen (secondary N) is 1. The van der Waals surface area contributed by atoms with E-state index in [2.05, 4.69) is 26.2 Å². The SMILES string of the molecule is Cc1ccc(Br)c(C(=O)NC(C)c2ccccn2)c1. The summed E-state index contributed by atoms with van der Waals surface area (Å²) in [6.45, 7) is 3.88. The molecule has 0 fully saturated rings. The van der Waals surface area contributed by atoms with Crippen LogP contribution in [0.25, 0.3) is 0 Å². The fourth-order valence-corrected chi connectivity index (χ4v) is 2.22. The van der Waals surface area contributed by atoms with E-state index in [0.717, 1.165) is 15.7 Å². The number of rotatable bonds is 3. The molecule has 1 aromatic carbocycles. The van der Waals surface area contributed by atoms with Gasteiger partial charge in [-0.25, -0.2) is 0 Å². The van der Waals surface area contributed by atoms with E-state index in [1.165, 1.54) is 0 Å². The number of amides is 1. The maximum Gasteiger partial charge on any atom is 0.252 e. The van der Waals surface area contributed by atoms with Crippen molar-refractivity contribution in [2.75, 3.05) is 0 Å². The van der Waals surface area contributed by atoms with Gasteiger partial charge in [0.15, 0.2) is 0 Å². The summed E-state index contributed by atoms with van der Waals surface area (Å²) in [5, 5.41) is 2.95. The average Bonchev–Trinajstić information content (AvgIpc) is 2.42. The molecule has 0 aliphatic heterocycles. The molecule has 0 aliphatic rings. The van der Waals surface area contributed by atoms with Gasteiger partial charge >= 0.3 is 0 Å². The maximum atomic E-state index is 12.2. The van der Waals surface area contributed by atoms with Gasteiger partial charge in [0.2, 0.25) is 0 Å². The van der Waals surface area contributed by atoms with Crippen LogP contribution in [-0.4, -0.2) is 10.9 Å². The van der Waals surface area contributed by atoms with Crippen LogP contribution in [0, 0.1) is 6.92 Å². The first-order valence-electron chi connectivity index (χ1n) is 6.06. The third-order valence-electron chi connectivity index (χ3n) is 2.85. The zero-order valence-corrected chi connectivity index (χ0v) is 12.4. The van der Waals surface area contributed by atoms with Gasteiger partial charge in [-0.3, -0.25) is 9.78 Å². The molecule has 1 unspecified atom stereocenters. The molecule has 4 heteroatoms. The third-order valence-corrected chi connectivity index (χ3v) is 3.54. The molecule has 2 rings (SSSR count). The van der Waals surface area contributed by atoms with Crippen LogP contribution < -0.4 is 5.32 Å². The Hall–Kier alpha value is -1.68. The molecule has 0 spiro atoms. The van der Waals surface area contributed by atoms with Gasteiger partial charge < -0.3 is 5.32 Å². The number of carbonyl (C=O) groups is 1. The van der Waals surface area contributed by atoms with Crippen LogP contribution >= 0.6 is 15.9 Å². The van der Waals surface area contributed by atoms with Crippen LogP contribution in [0.1, 0.15) is 34.6 Å². The van der Waals surface area contributed by atoms with Crippen molar-refractivity contribution in [3.05, 3.63) is 63.9 Å². The normalized spacial score (nSPS) is 11.9. The summed E-state index contributed by atoms with van der Waals surface area (Å²) < 4.78 is 0.795. The van der Waals surface area contributed by atoms with Crippen molar-refractivity contribution in [1.29, 1.82) is 0 Å². The Kier molecular flexibility index (Phi) is 4.32. The van der Waals surface area contributed by atoms with Gasteiger partial charge in [-0.2, -0.15) is 0 Å². The van der Waals surface area contributed by atoms with Gasteiger partial charge in [0.25, 0.3) is 5.91 Å². The van der Waals surface area contributed by atoms with E-state index in [4.69, 9.17) is 0 Å². The molecular formula is C15H15BrN2O. The first-order chi connectivity index (χ1) is 9.08. The molecule has 0 radical (unpaired) electrons. The minimum Gasteiger partial charge on any atom is -0.344 e. The number of hydrogen-bond donors (Lipinski definition) is 1. The molecule has 3 nitrogen and oxygen atoms in total. The second-order valence-electron chi connectivity index (χ2n) is 4.43. The van der Waals surface area contributed by atoms with Crippen molar-refractivity contribution in [2.24, 2.45) is 0 Å². The first kappa shape index (κ1) is 13.7. The van der Waals surface area contributed by atoms with E-state index in [-0.39, 0.29) is 11.9 Å². The lowest BCUT2D eigenvalue weighted by Gasteiger charge is -2.14. The lowest BCUT2D eigenvalue weighted by Crippen LogP contribution is -2.27. The summed E-state index contributed by atoms with van der Waals surface area (Å²) in [6, 6.07) is 11.3. The summed E-state index contributed by atoms with van der Waals surface area (Å²) >= 11 is 3.40. The maximum absolute atomic E-state index is 12.2. The molecule has 1 N–H and O–H groups in total. The largest absolute Gasteiger partial charge is 0.344 e. The van der Waals surface area contributed by atoms with Crippen molar-refractivity contribution in [2.45, 2.75) is 19.9 Å². The van der Waals surface area contributed by atoms with Crippen LogP contribution in [0.5, 0.6) is 0 Å². The van der Waals surface area contributed by atoms with Crippen molar-refractivity contribution in [1.82, 2.24) is 10.3 Å². The number of carbonyl (C=O) groups excluding carboxylic acids is 1.